The molecule has 6 nitrogen and oxygen atoms in total. The predicted molar refractivity (Wildman–Crippen MR) is 126 cm³/mol. The summed E-state index contributed by atoms with van der Waals surface area (Å²) in [5.74, 6) is -2.28. The van der Waals surface area contributed by atoms with Crippen molar-refractivity contribution in [3.63, 3.8) is 0 Å². The van der Waals surface area contributed by atoms with E-state index in [1.165, 1.54) is 17.0 Å². The summed E-state index contributed by atoms with van der Waals surface area (Å²) in [4.78, 5) is 41.1. The highest BCUT2D eigenvalue weighted by Gasteiger charge is 2.53. The average molecular weight is 507 g/mol. The van der Waals surface area contributed by atoms with Gasteiger partial charge in [0.2, 0.25) is 11.8 Å². The number of benzene rings is 2. The maximum atomic E-state index is 13.4. The predicted octanol–water partition coefficient (Wildman–Crippen LogP) is 4.68. The Balaban J connectivity index is 1.65. The van der Waals surface area contributed by atoms with Gasteiger partial charge in [-0.25, -0.2) is 4.39 Å². The first-order valence-electron chi connectivity index (χ1n) is 11.3. The number of carbonyl (C=O) groups is 3. The van der Waals surface area contributed by atoms with Crippen molar-refractivity contribution in [1.29, 1.82) is 0 Å². The lowest BCUT2D eigenvalue weighted by atomic mass is 9.93. The normalized spacial score (nSPS) is 21.9. The van der Waals surface area contributed by atoms with Crippen molar-refractivity contribution in [1.82, 2.24) is 10.2 Å². The zero-order valence-electron chi connectivity index (χ0n) is 18.6. The number of nitrogens with one attached hydrogen (secondary N) is 1. The standard InChI is InChI=1S/C25H25Cl2FN2O4/c1-2-34-25(33)18-12-21(23(31)29-13-14-3-8-17(28)9-4-14)30(24(32)15-5-6-15)22(18)16-7-10-19(26)20(27)11-16/h3-4,7-11,15,18,21-22H,2,5-6,12-13H2,1H3,(H,29,31). The van der Waals surface area contributed by atoms with Crippen LogP contribution in [0.2, 0.25) is 10.0 Å². The van der Waals surface area contributed by atoms with E-state index < -0.39 is 24.0 Å². The van der Waals surface area contributed by atoms with Crippen LogP contribution in [-0.4, -0.2) is 35.3 Å². The molecule has 0 bridgehead atoms. The number of amides is 2. The Bertz CT molecular complexity index is 1090. The van der Waals surface area contributed by atoms with Crippen molar-refractivity contribution in [2.75, 3.05) is 6.61 Å². The Hall–Kier alpha value is -2.64. The van der Waals surface area contributed by atoms with Gasteiger partial charge in [-0.3, -0.25) is 14.4 Å². The zero-order valence-corrected chi connectivity index (χ0v) is 20.1. The van der Waals surface area contributed by atoms with Gasteiger partial charge in [-0.05, 0) is 61.6 Å². The highest BCUT2D eigenvalue weighted by atomic mass is 35.5. The summed E-state index contributed by atoms with van der Waals surface area (Å²) in [5.41, 5.74) is 1.34. The summed E-state index contributed by atoms with van der Waals surface area (Å²) in [5, 5.41) is 3.48. The van der Waals surface area contributed by atoms with Crippen molar-refractivity contribution in [3.8, 4) is 0 Å². The molecule has 2 fully saturated rings. The van der Waals surface area contributed by atoms with Crippen molar-refractivity contribution in [3.05, 3.63) is 69.5 Å². The maximum Gasteiger partial charge on any atom is 0.311 e. The molecule has 1 aliphatic heterocycles. The minimum absolute atomic E-state index is 0.122. The second-order valence-electron chi connectivity index (χ2n) is 8.59. The Labute approximate surface area is 207 Å². The second kappa shape index (κ2) is 10.3. The minimum atomic E-state index is -0.859. The van der Waals surface area contributed by atoms with Crippen LogP contribution in [0.4, 0.5) is 4.39 Å². The van der Waals surface area contributed by atoms with E-state index in [4.69, 9.17) is 27.9 Å². The van der Waals surface area contributed by atoms with Crippen molar-refractivity contribution < 1.29 is 23.5 Å². The molecular weight excluding hydrogens is 482 g/mol. The van der Waals surface area contributed by atoms with Crippen LogP contribution >= 0.6 is 23.2 Å². The number of halogens is 3. The number of esters is 1. The van der Waals surface area contributed by atoms with Crippen molar-refractivity contribution >= 4 is 41.0 Å². The average Bonchev–Trinajstić information content (AvgIpc) is 3.59. The molecule has 1 saturated carbocycles. The number of ether oxygens (including phenoxy) is 1. The highest BCUT2D eigenvalue weighted by molar-refractivity contribution is 6.42. The van der Waals surface area contributed by atoms with Gasteiger partial charge in [0.15, 0.2) is 0 Å². The Morgan fingerprint density at radius 1 is 1.09 bits per heavy atom. The van der Waals surface area contributed by atoms with E-state index in [2.05, 4.69) is 5.32 Å². The summed E-state index contributed by atoms with van der Waals surface area (Å²) in [6, 6.07) is 9.20. The minimum Gasteiger partial charge on any atom is -0.466 e. The number of rotatable bonds is 7. The third-order valence-corrected chi connectivity index (χ3v) is 6.97. The van der Waals surface area contributed by atoms with Gasteiger partial charge >= 0.3 is 5.97 Å². The summed E-state index contributed by atoms with van der Waals surface area (Å²) in [6.07, 6.45) is 1.62. The topological polar surface area (TPSA) is 75.7 Å². The van der Waals surface area contributed by atoms with Crippen LogP contribution in [0, 0.1) is 17.7 Å². The van der Waals surface area contributed by atoms with Gasteiger partial charge in [0.25, 0.3) is 0 Å². The summed E-state index contributed by atoms with van der Waals surface area (Å²) < 4.78 is 18.5. The molecule has 0 aromatic heterocycles. The van der Waals surface area contributed by atoms with Gasteiger partial charge in [0, 0.05) is 12.5 Å². The van der Waals surface area contributed by atoms with Gasteiger partial charge < -0.3 is 15.0 Å². The molecule has 2 aromatic rings. The lowest BCUT2D eigenvalue weighted by molar-refractivity contribution is -0.150. The van der Waals surface area contributed by atoms with E-state index in [0.29, 0.717) is 15.6 Å². The molecule has 9 heteroatoms. The monoisotopic (exact) mass is 506 g/mol. The first kappa shape index (κ1) is 24.5. The summed E-state index contributed by atoms with van der Waals surface area (Å²) >= 11 is 12.3. The first-order valence-corrected chi connectivity index (χ1v) is 12.0. The lowest BCUT2D eigenvalue weighted by Crippen LogP contribution is -2.47. The molecule has 3 atom stereocenters. The van der Waals surface area contributed by atoms with E-state index in [0.717, 1.165) is 18.4 Å². The Kier molecular flexibility index (Phi) is 7.43. The van der Waals surface area contributed by atoms with Crippen LogP contribution < -0.4 is 5.32 Å². The van der Waals surface area contributed by atoms with E-state index >= 15 is 0 Å². The first-order chi connectivity index (χ1) is 16.3. The fourth-order valence-electron chi connectivity index (χ4n) is 4.41. The van der Waals surface area contributed by atoms with Gasteiger partial charge in [-0.2, -0.15) is 0 Å². The smallest absolute Gasteiger partial charge is 0.311 e. The molecule has 2 aliphatic rings. The van der Waals surface area contributed by atoms with Crippen LogP contribution in [0.5, 0.6) is 0 Å². The molecule has 0 spiro atoms. The van der Waals surface area contributed by atoms with Crippen LogP contribution in [0.15, 0.2) is 42.5 Å². The molecule has 34 heavy (non-hydrogen) atoms. The van der Waals surface area contributed by atoms with E-state index in [9.17, 15) is 18.8 Å². The number of hydrogen-bond acceptors (Lipinski definition) is 4. The lowest BCUT2D eigenvalue weighted by Gasteiger charge is -2.31. The zero-order chi connectivity index (χ0) is 24.4. The Morgan fingerprint density at radius 3 is 2.41 bits per heavy atom. The highest BCUT2D eigenvalue weighted by Crippen LogP contribution is 2.46. The quantitative estimate of drug-likeness (QED) is 0.553. The van der Waals surface area contributed by atoms with Gasteiger partial charge in [-0.15, -0.1) is 0 Å². The number of hydrogen-bond donors (Lipinski definition) is 1. The number of carbonyl (C=O) groups excluding carboxylic acids is 3. The summed E-state index contributed by atoms with van der Waals surface area (Å²) in [6.45, 7) is 2.06. The number of likely N-dealkylation sites (tertiary alicyclic amines) is 1. The van der Waals surface area contributed by atoms with Crippen LogP contribution in [-0.2, 0) is 25.7 Å². The van der Waals surface area contributed by atoms with Crippen LogP contribution in [0.25, 0.3) is 0 Å². The van der Waals surface area contributed by atoms with Crippen molar-refractivity contribution in [2.45, 2.75) is 44.8 Å². The fraction of sp³-hybridized carbons (Fsp3) is 0.400. The van der Waals surface area contributed by atoms with E-state index in [-0.39, 0.29) is 43.1 Å². The van der Waals surface area contributed by atoms with Crippen LogP contribution in [0.3, 0.4) is 0 Å². The molecule has 2 aromatic carbocycles. The molecule has 1 heterocycles. The molecule has 0 radical (unpaired) electrons. The van der Waals surface area contributed by atoms with Crippen molar-refractivity contribution in [2.24, 2.45) is 11.8 Å². The van der Waals surface area contributed by atoms with Gasteiger partial charge in [0.1, 0.15) is 11.9 Å². The van der Waals surface area contributed by atoms with E-state index in [1.54, 1.807) is 37.3 Å². The third-order valence-electron chi connectivity index (χ3n) is 6.23. The molecule has 1 aliphatic carbocycles. The molecule has 180 valence electrons. The third kappa shape index (κ3) is 5.20. The molecule has 1 N–H and O–H groups in total. The summed E-state index contributed by atoms with van der Waals surface area (Å²) in [7, 11) is 0. The molecule has 3 unspecified atom stereocenters. The molecule has 2 amide bonds. The maximum absolute atomic E-state index is 13.4. The second-order valence-corrected chi connectivity index (χ2v) is 9.41. The van der Waals surface area contributed by atoms with Gasteiger partial charge in [0.05, 0.1) is 28.6 Å². The van der Waals surface area contributed by atoms with Crippen LogP contribution in [0.1, 0.15) is 43.4 Å². The van der Waals surface area contributed by atoms with E-state index in [1.807, 2.05) is 0 Å². The number of nitrogens with zero attached hydrogens (tertiary/aromatic N) is 1. The largest absolute Gasteiger partial charge is 0.466 e. The molecule has 1 saturated heterocycles. The Morgan fingerprint density at radius 2 is 1.79 bits per heavy atom. The molecule has 4 rings (SSSR count). The fourth-order valence-corrected chi connectivity index (χ4v) is 4.72. The molecular formula is C25H25Cl2FN2O4. The van der Waals surface area contributed by atoms with Gasteiger partial charge in [-0.1, -0.05) is 41.4 Å². The SMILES string of the molecule is CCOC(=O)C1CC(C(=O)NCc2ccc(F)cc2)N(C(=O)C2CC2)C1c1ccc(Cl)c(Cl)c1.